The molecule has 2 rings (SSSR count). The Labute approximate surface area is 90.2 Å². The van der Waals surface area contributed by atoms with Crippen LogP contribution in [0.5, 0.6) is 0 Å². The maximum atomic E-state index is 11.8. The van der Waals surface area contributed by atoms with E-state index in [4.69, 9.17) is 4.74 Å². The lowest BCUT2D eigenvalue weighted by Gasteiger charge is -2.16. The fourth-order valence-electron chi connectivity index (χ4n) is 2.01. The van der Waals surface area contributed by atoms with Crippen molar-refractivity contribution in [2.75, 3.05) is 6.61 Å². The number of hydrogen-bond acceptors (Lipinski definition) is 3. The first-order valence-electron chi connectivity index (χ1n) is 4.94. The topological polar surface area (TPSA) is 35.5 Å². The van der Waals surface area contributed by atoms with E-state index in [-0.39, 0.29) is 6.10 Å². The first kappa shape index (κ1) is 11.4. The van der Waals surface area contributed by atoms with Crippen molar-refractivity contribution in [1.29, 1.82) is 0 Å². The van der Waals surface area contributed by atoms with Crippen LogP contribution in [0.2, 0.25) is 0 Å². The molecule has 6 heteroatoms. The van der Waals surface area contributed by atoms with E-state index in [1.165, 1.54) is 0 Å². The summed E-state index contributed by atoms with van der Waals surface area (Å²) in [6, 6.07) is 0. The summed E-state index contributed by atoms with van der Waals surface area (Å²) < 4.78 is 45.1. The number of alkyl halides is 3. The Morgan fingerprint density at radius 1 is 1.62 bits per heavy atom. The zero-order valence-electron chi connectivity index (χ0n) is 8.58. The van der Waals surface area contributed by atoms with Crippen molar-refractivity contribution in [3.63, 3.8) is 0 Å². The first-order chi connectivity index (χ1) is 7.37. The first-order valence-corrected chi connectivity index (χ1v) is 4.94. The summed E-state index contributed by atoms with van der Waals surface area (Å²) in [6.07, 6.45) is -2.82. The van der Waals surface area contributed by atoms with Gasteiger partial charge in [0, 0.05) is 0 Å². The molecule has 0 aliphatic carbocycles. The standard InChI is InChI=1S/C10H11F3O3/c1-5-2-8-6(3-7(5)16-8)9(14)15-4-10(11,12)13/h2,6-8H,3-4H2,1H3/t6-,7+,8+/m1/s1. The number of hydrogen-bond donors (Lipinski definition) is 0. The number of ether oxygens (including phenoxy) is 2. The zero-order chi connectivity index (χ0) is 11.9. The fraction of sp³-hybridized carbons (Fsp3) is 0.700. The lowest BCUT2D eigenvalue weighted by atomic mass is 9.90. The summed E-state index contributed by atoms with van der Waals surface area (Å²) in [5, 5.41) is 0. The van der Waals surface area contributed by atoms with Gasteiger partial charge in [0.15, 0.2) is 6.61 Å². The van der Waals surface area contributed by atoms with Crippen LogP contribution in [-0.4, -0.2) is 31.0 Å². The Morgan fingerprint density at radius 3 is 2.75 bits per heavy atom. The van der Waals surface area contributed by atoms with Gasteiger partial charge in [0.1, 0.15) is 0 Å². The van der Waals surface area contributed by atoms with Gasteiger partial charge in [0.05, 0.1) is 18.1 Å². The number of esters is 1. The second kappa shape index (κ2) is 3.76. The summed E-state index contributed by atoms with van der Waals surface area (Å²) in [5.41, 5.74) is 1.03. The van der Waals surface area contributed by atoms with Crippen molar-refractivity contribution < 1.29 is 27.4 Å². The highest BCUT2D eigenvalue weighted by molar-refractivity contribution is 5.74. The van der Waals surface area contributed by atoms with Crippen molar-refractivity contribution in [1.82, 2.24) is 0 Å². The quantitative estimate of drug-likeness (QED) is 0.542. The number of carbonyl (C=O) groups is 1. The molecule has 2 heterocycles. The third kappa shape index (κ3) is 2.21. The molecule has 0 radical (unpaired) electrons. The Morgan fingerprint density at radius 2 is 2.31 bits per heavy atom. The molecule has 0 aromatic rings. The molecule has 90 valence electrons. The van der Waals surface area contributed by atoms with E-state index in [1.807, 2.05) is 6.92 Å². The van der Waals surface area contributed by atoms with E-state index in [0.29, 0.717) is 6.42 Å². The Balaban J connectivity index is 1.89. The molecular weight excluding hydrogens is 225 g/mol. The van der Waals surface area contributed by atoms with Gasteiger partial charge < -0.3 is 9.47 Å². The molecule has 0 aromatic carbocycles. The van der Waals surface area contributed by atoms with Crippen LogP contribution in [-0.2, 0) is 14.3 Å². The van der Waals surface area contributed by atoms with Crippen LogP contribution in [0.15, 0.2) is 11.6 Å². The van der Waals surface area contributed by atoms with Crippen molar-refractivity contribution in [2.24, 2.45) is 5.92 Å². The van der Waals surface area contributed by atoms with Crippen LogP contribution < -0.4 is 0 Å². The van der Waals surface area contributed by atoms with Crippen LogP contribution in [0.25, 0.3) is 0 Å². The highest BCUT2D eigenvalue weighted by Gasteiger charge is 2.45. The minimum Gasteiger partial charge on any atom is -0.456 e. The van der Waals surface area contributed by atoms with Gasteiger partial charge in [-0.2, -0.15) is 13.2 Å². The Bertz CT molecular complexity index is 335. The minimum atomic E-state index is -4.47. The molecule has 2 aliphatic heterocycles. The maximum Gasteiger partial charge on any atom is 0.422 e. The van der Waals surface area contributed by atoms with Gasteiger partial charge in [-0.05, 0) is 18.9 Å². The average molecular weight is 236 g/mol. The predicted octanol–water partition coefficient (Wildman–Crippen LogP) is 1.83. The molecule has 0 N–H and O–H groups in total. The summed E-state index contributed by atoms with van der Waals surface area (Å²) in [6.45, 7) is 0.352. The molecule has 0 amide bonds. The molecule has 3 nitrogen and oxygen atoms in total. The zero-order valence-corrected chi connectivity index (χ0v) is 8.58. The summed E-state index contributed by atoms with van der Waals surface area (Å²) >= 11 is 0. The van der Waals surface area contributed by atoms with Gasteiger partial charge in [-0.15, -0.1) is 0 Å². The third-order valence-corrected chi connectivity index (χ3v) is 2.80. The number of carbonyl (C=O) groups excluding carboxylic acids is 1. The highest BCUT2D eigenvalue weighted by Crippen LogP contribution is 2.38. The highest BCUT2D eigenvalue weighted by atomic mass is 19.4. The van der Waals surface area contributed by atoms with Crippen LogP contribution in [0.1, 0.15) is 13.3 Å². The normalized spacial score (nSPS) is 32.8. The van der Waals surface area contributed by atoms with Gasteiger partial charge in [-0.1, -0.05) is 6.08 Å². The van der Waals surface area contributed by atoms with Crippen molar-refractivity contribution in [2.45, 2.75) is 31.7 Å². The maximum absolute atomic E-state index is 11.8. The molecule has 16 heavy (non-hydrogen) atoms. The molecular formula is C10H11F3O3. The van der Waals surface area contributed by atoms with E-state index in [9.17, 15) is 18.0 Å². The van der Waals surface area contributed by atoms with E-state index in [2.05, 4.69) is 4.74 Å². The second-order valence-electron chi connectivity index (χ2n) is 4.07. The molecule has 0 spiro atoms. The largest absolute Gasteiger partial charge is 0.456 e. The molecule has 2 bridgehead atoms. The van der Waals surface area contributed by atoms with E-state index in [1.54, 1.807) is 6.08 Å². The summed E-state index contributed by atoms with van der Waals surface area (Å²) in [7, 11) is 0. The predicted molar refractivity (Wildman–Crippen MR) is 47.5 cm³/mol. The number of halogens is 3. The van der Waals surface area contributed by atoms with Gasteiger partial charge in [0.25, 0.3) is 0 Å². The van der Waals surface area contributed by atoms with E-state index in [0.717, 1.165) is 5.57 Å². The smallest absolute Gasteiger partial charge is 0.422 e. The SMILES string of the molecule is CC1=C[C@@H]2O[C@H]1C[C@H]2C(=O)OCC(F)(F)F. The van der Waals surface area contributed by atoms with Crippen LogP contribution in [0.4, 0.5) is 13.2 Å². The molecule has 1 fully saturated rings. The lowest BCUT2D eigenvalue weighted by Crippen LogP contribution is -2.29. The van der Waals surface area contributed by atoms with Crippen molar-refractivity contribution in [3.8, 4) is 0 Å². The van der Waals surface area contributed by atoms with Crippen molar-refractivity contribution >= 4 is 5.97 Å². The van der Waals surface area contributed by atoms with Gasteiger partial charge in [-0.25, -0.2) is 0 Å². The number of fused-ring (bicyclic) bond motifs is 2. The van der Waals surface area contributed by atoms with Crippen LogP contribution >= 0.6 is 0 Å². The van der Waals surface area contributed by atoms with Gasteiger partial charge in [-0.3, -0.25) is 4.79 Å². The van der Waals surface area contributed by atoms with E-state index >= 15 is 0 Å². The van der Waals surface area contributed by atoms with Gasteiger partial charge in [0.2, 0.25) is 0 Å². The Hall–Kier alpha value is -1.04. The lowest BCUT2D eigenvalue weighted by molar-refractivity contribution is -0.189. The fourth-order valence-corrected chi connectivity index (χ4v) is 2.01. The monoisotopic (exact) mass is 236 g/mol. The summed E-state index contributed by atoms with van der Waals surface area (Å²) in [4.78, 5) is 11.4. The average Bonchev–Trinajstić information content (AvgIpc) is 2.71. The number of rotatable bonds is 2. The van der Waals surface area contributed by atoms with Gasteiger partial charge >= 0.3 is 12.1 Å². The molecule has 3 atom stereocenters. The Kier molecular flexibility index (Phi) is 2.69. The second-order valence-corrected chi connectivity index (χ2v) is 4.07. The minimum absolute atomic E-state index is 0.131. The van der Waals surface area contributed by atoms with Crippen LogP contribution in [0, 0.1) is 5.92 Å². The van der Waals surface area contributed by atoms with Crippen molar-refractivity contribution in [3.05, 3.63) is 11.6 Å². The molecule has 1 saturated heterocycles. The molecule has 2 aliphatic rings. The van der Waals surface area contributed by atoms with Crippen LogP contribution in [0.3, 0.4) is 0 Å². The molecule has 0 saturated carbocycles. The molecule has 0 aromatic heterocycles. The molecule has 0 unspecified atom stereocenters. The third-order valence-electron chi connectivity index (χ3n) is 2.80. The van der Waals surface area contributed by atoms with E-state index < -0.39 is 30.8 Å². The summed E-state index contributed by atoms with van der Waals surface area (Å²) in [5.74, 6) is -1.41.